The molecule has 1 atom stereocenters. The molecule has 0 aliphatic carbocycles. The first-order chi connectivity index (χ1) is 18.7. The number of sulfonamides is 1. The number of anilines is 1. The van der Waals surface area contributed by atoms with Crippen LogP contribution in [-0.4, -0.2) is 64.2 Å². The summed E-state index contributed by atoms with van der Waals surface area (Å²) in [6.45, 7) is 3.74. The molecule has 2 amide bonds. The van der Waals surface area contributed by atoms with Crippen molar-refractivity contribution in [2.75, 3.05) is 37.3 Å². The first-order valence-electron chi connectivity index (χ1n) is 12.7. The second kappa shape index (κ2) is 14.0. The van der Waals surface area contributed by atoms with Crippen LogP contribution in [0, 0.1) is 0 Å². The third-order valence-electron chi connectivity index (χ3n) is 6.26. The molecule has 8 nitrogen and oxygen atoms in total. The highest BCUT2D eigenvalue weighted by Crippen LogP contribution is 2.27. The third kappa shape index (κ3) is 7.77. The SMILES string of the molecule is CCOc1ccc(N(CC(=O)N(CCc2ccccc2)[C@@H](C)C(=O)NC)S(=O)(=O)c2ccc(SC)cc2)cc1. The monoisotopic (exact) mass is 569 g/mol. The van der Waals surface area contributed by atoms with E-state index in [0.717, 1.165) is 14.8 Å². The van der Waals surface area contributed by atoms with Gasteiger partial charge in [0.05, 0.1) is 17.2 Å². The maximum atomic E-state index is 13.9. The molecule has 0 saturated carbocycles. The zero-order chi connectivity index (χ0) is 28.4. The molecule has 0 fully saturated rings. The molecular formula is C29H35N3O5S2. The van der Waals surface area contributed by atoms with Crippen LogP contribution >= 0.6 is 11.8 Å². The van der Waals surface area contributed by atoms with Crippen LogP contribution < -0.4 is 14.4 Å². The summed E-state index contributed by atoms with van der Waals surface area (Å²) in [5.74, 6) is -0.230. The van der Waals surface area contributed by atoms with Crippen LogP contribution in [0.2, 0.25) is 0 Å². The predicted molar refractivity (Wildman–Crippen MR) is 156 cm³/mol. The third-order valence-corrected chi connectivity index (χ3v) is 8.79. The summed E-state index contributed by atoms with van der Waals surface area (Å²) in [7, 11) is -2.61. The summed E-state index contributed by atoms with van der Waals surface area (Å²) < 4.78 is 34.4. The Morgan fingerprint density at radius 2 is 1.62 bits per heavy atom. The van der Waals surface area contributed by atoms with E-state index in [2.05, 4.69) is 5.32 Å². The molecule has 0 unspecified atom stereocenters. The summed E-state index contributed by atoms with van der Waals surface area (Å²) in [6, 6.07) is 21.9. The van der Waals surface area contributed by atoms with Crippen molar-refractivity contribution in [3.63, 3.8) is 0 Å². The van der Waals surface area contributed by atoms with E-state index >= 15 is 0 Å². The zero-order valence-electron chi connectivity index (χ0n) is 22.7. The molecule has 39 heavy (non-hydrogen) atoms. The van der Waals surface area contributed by atoms with Gasteiger partial charge in [-0.25, -0.2) is 8.42 Å². The molecule has 3 aromatic carbocycles. The van der Waals surface area contributed by atoms with Gasteiger partial charge in [-0.15, -0.1) is 11.8 Å². The molecular weight excluding hydrogens is 534 g/mol. The Kier molecular flexibility index (Phi) is 10.8. The van der Waals surface area contributed by atoms with Crippen LogP contribution in [0.4, 0.5) is 5.69 Å². The smallest absolute Gasteiger partial charge is 0.264 e. The minimum Gasteiger partial charge on any atom is -0.494 e. The molecule has 0 radical (unpaired) electrons. The van der Waals surface area contributed by atoms with Gasteiger partial charge in [0.2, 0.25) is 11.8 Å². The number of thioether (sulfide) groups is 1. The predicted octanol–water partition coefficient (Wildman–Crippen LogP) is 4.21. The van der Waals surface area contributed by atoms with E-state index in [0.29, 0.717) is 24.5 Å². The first kappa shape index (κ1) is 30.0. The maximum absolute atomic E-state index is 13.9. The van der Waals surface area contributed by atoms with Gasteiger partial charge in [0.25, 0.3) is 10.0 Å². The van der Waals surface area contributed by atoms with Gasteiger partial charge in [-0.3, -0.25) is 13.9 Å². The van der Waals surface area contributed by atoms with Crippen molar-refractivity contribution in [3.05, 3.63) is 84.4 Å². The van der Waals surface area contributed by atoms with Gasteiger partial charge in [-0.1, -0.05) is 30.3 Å². The number of rotatable bonds is 13. The molecule has 3 rings (SSSR count). The summed E-state index contributed by atoms with van der Waals surface area (Å²) in [4.78, 5) is 28.7. The van der Waals surface area contributed by atoms with Gasteiger partial charge in [-0.2, -0.15) is 0 Å². The second-order valence-electron chi connectivity index (χ2n) is 8.73. The molecule has 0 aliphatic heterocycles. The molecule has 0 aliphatic rings. The highest BCUT2D eigenvalue weighted by molar-refractivity contribution is 7.98. The number of ether oxygens (including phenoxy) is 1. The minimum absolute atomic E-state index is 0.0668. The lowest BCUT2D eigenvalue weighted by Gasteiger charge is -2.31. The summed E-state index contributed by atoms with van der Waals surface area (Å²) in [6.07, 6.45) is 2.42. The lowest BCUT2D eigenvalue weighted by Crippen LogP contribution is -2.51. The highest BCUT2D eigenvalue weighted by atomic mass is 32.2. The Morgan fingerprint density at radius 3 is 2.18 bits per heavy atom. The van der Waals surface area contributed by atoms with Crippen LogP contribution in [0.15, 0.2) is 88.7 Å². The van der Waals surface area contributed by atoms with Crippen LogP contribution in [0.25, 0.3) is 0 Å². The number of nitrogens with one attached hydrogen (secondary N) is 1. The quantitative estimate of drug-likeness (QED) is 0.310. The molecule has 1 N–H and O–H groups in total. The Morgan fingerprint density at radius 1 is 0.974 bits per heavy atom. The average Bonchev–Trinajstić information content (AvgIpc) is 2.96. The Bertz CT molecular complexity index is 1330. The number of hydrogen-bond acceptors (Lipinski definition) is 6. The number of benzene rings is 3. The molecule has 208 valence electrons. The van der Waals surface area contributed by atoms with E-state index in [4.69, 9.17) is 4.74 Å². The van der Waals surface area contributed by atoms with E-state index in [1.54, 1.807) is 43.3 Å². The van der Waals surface area contributed by atoms with E-state index in [9.17, 15) is 18.0 Å². The number of carbonyl (C=O) groups is 2. The van der Waals surface area contributed by atoms with Crippen LogP contribution in [0.3, 0.4) is 0 Å². The summed E-state index contributed by atoms with van der Waals surface area (Å²) in [5.41, 5.74) is 1.32. The number of hydrogen-bond donors (Lipinski definition) is 1. The van der Waals surface area contributed by atoms with Crippen molar-refractivity contribution in [2.24, 2.45) is 0 Å². The number of likely N-dealkylation sites (N-methyl/N-ethyl adjacent to an activating group) is 1. The Labute approximate surface area is 235 Å². The second-order valence-corrected chi connectivity index (χ2v) is 11.5. The molecule has 0 aromatic heterocycles. The minimum atomic E-state index is -4.12. The van der Waals surface area contributed by atoms with Crippen LogP contribution in [-0.2, 0) is 26.0 Å². The van der Waals surface area contributed by atoms with Crippen molar-refractivity contribution in [1.82, 2.24) is 10.2 Å². The Balaban J connectivity index is 1.98. The highest BCUT2D eigenvalue weighted by Gasteiger charge is 2.32. The zero-order valence-corrected chi connectivity index (χ0v) is 24.3. The van der Waals surface area contributed by atoms with Gasteiger partial charge in [0.1, 0.15) is 18.3 Å². The van der Waals surface area contributed by atoms with Gasteiger partial charge >= 0.3 is 0 Å². The van der Waals surface area contributed by atoms with Crippen LogP contribution in [0.5, 0.6) is 5.75 Å². The average molecular weight is 570 g/mol. The number of nitrogens with zero attached hydrogens (tertiary/aromatic N) is 2. The molecule has 0 bridgehead atoms. The van der Waals surface area contributed by atoms with Crippen LogP contribution in [0.1, 0.15) is 19.4 Å². The van der Waals surface area contributed by atoms with E-state index in [-0.39, 0.29) is 17.3 Å². The molecule has 10 heteroatoms. The Hall–Kier alpha value is -3.50. The number of carbonyl (C=O) groups excluding carboxylic acids is 2. The standard InChI is InChI=1S/C29H35N3O5S2/c1-5-37-25-13-11-24(12-14-25)32(39(35,36)27-17-15-26(38-4)16-18-27)21-28(33)31(22(2)29(34)30-3)20-19-23-9-7-6-8-10-23/h6-18,22H,5,19-21H2,1-4H3,(H,30,34)/t22-/m0/s1. The molecule has 0 saturated heterocycles. The first-order valence-corrected chi connectivity index (χ1v) is 15.3. The largest absolute Gasteiger partial charge is 0.494 e. The van der Waals surface area contributed by atoms with Crippen molar-refractivity contribution in [1.29, 1.82) is 0 Å². The van der Waals surface area contributed by atoms with Gasteiger partial charge < -0.3 is 15.0 Å². The topological polar surface area (TPSA) is 96.0 Å². The molecule has 0 spiro atoms. The van der Waals surface area contributed by atoms with Crippen molar-refractivity contribution in [2.45, 2.75) is 36.1 Å². The lowest BCUT2D eigenvalue weighted by molar-refractivity contribution is -0.138. The van der Waals surface area contributed by atoms with Gasteiger partial charge in [-0.05, 0) is 80.6 Å². The van der Waals surface area contributed by atoms with Crippen molar-refractivity contribution >= 4 is 39.3 Å². The number of amides is 2. The van der Waals surface area contributed by atoms with E-state index < -0.39 is 28.5 Å². The summed E-state index contributed by atoms with van der Waals surface area (Å²) >= 11 is 1.50. The van der Waals surface area contributed by atoms with Gasteiger partial charge in [0.15, 0.2) is 0 Å². The molecule has 0 heterocycles. The summed E-state index contributed by atoms with van der Waals surface area (Å²) in [5, 5.41) is 2.59. The van der Waals surface area contributed by atoms with Crippen molar-refractivity contribution in [3.8, 4) is 5.75 Å². The van der Waals surface area contributed by atoms with E-state index in [1.165, 1.54) is 35.8 Å². The fourth-order valence-corrected chi connectivity index (χ4v) is 5.88. The lowest BCUT2D eigenvalue weighted by atomic mass is 10.1. The fourth-order valence-electron chi connectivity index (χ4n) is 4.06. The maximum Gasteiger partial charge on any atom is 0.264 e. The normalized spacial score (nSPS) is 11.9. The fraction of sp³-hybridized carbons (Fsp3) is 0.310. The molecule has 3 aromatic rings. The van der Waals surface area contributed by atoms with E-state index in [1.807, 2.05) is 43.5 Å². The van der Waals surface area contributed by atoms with Crippen molar-refractivity contribution < 1.29 is 22.7 Å². The van der Waals surface area contributed by atoms with Gasteiger partial charge in [0, 0.05) is 18.5 Å².